The Balaban J connectivity index is 1.27. The summed E-state index contributed by atoms with van der Waals surface area (Å²) in [6.07, 6.45) is 1.82. The summed E-state index contributed by atoms with van der Waals surface area (Å²) >= 11 is 1.90. The minimum absolute atomic E-state index is 0.877. The van der Waals surface area contributed by atoms with E-state index < -0.39 is 0 Å². The van der Waals surface area contributed by atoms with Gasteiger partial charge in [-0.05, 0) is 54.6 Å². The Morgan fingerprint density at radius 3 is 2.21 bits per heavy atom. The van der Waals surface area contributed by atoms with Crippen molar-refractivity contribution >= 4 is 42.3 Å². The fourth-order valence-corrected chi connectivity index (χ4v) is 7.45. The first-order valence-corrected chi connectivity index (χ1v) is 15.3. The van der Waals surface area contributed by atoms with Crippen LogP contribution in [0.2, 0.25) is 0 Å². The second kappa shape index (κ2) is 10.7. The molecule has 0 aliphatic heterocycles. The van der Waals surface area contributed by atoms with Crippen molar-refractivity contribution in [1.29, 1.82) is 0 Å². The highest BCUT2D eigenvalue weighted by molar-refractivity contribution is 7.26. The van der Waals surface area contributed by atoms with Crippen molar-refractivity contribution < 1.29 is 13.9 Å². The molecule has 0 radical (unpaired) electrons. The molecule has 7 aromatic rings. The number of aromatic nitrogens is 2. The van der Waals surface area contributed by atoms with Crippen LogP contribution in [0.15, 0.2) is 109 Å². The Bertz CT molecular complexity index is 2120. The van der Waals surface area contributed by atoms with Gasteiger partial charge >= 0.3 is 5.88 Å². The van der Waals surface area contributed by atoms with Crippen LogP contribution >= 0.6 is 11.3 Å². The van der Waals surface area contributed by atoms with E-state index in [2.05, 4.69) is 128 Å². The molecule has 0 unspecified atom stereocenters. The fourth-order valence-electron chi connectivity index (χ4n) is 6.14. The maximum atomic E-state index is 6.58. The molecule has 0 saturated carbocycles. The summed E-state index contributed by atoms with van der Waals surface area (Å²) in [6.45, 7) is 4.33. The van der Waals surface area contributed by atoms with Gasteiger partial charge in [0.05, 0.1) is 10.9 Å². The molecular formula is C38H34N2OS+2. The quantitative estimate of drug-likeness (QED) is 0.184. The van der Waals surface area contributed by atoms with Crippen LogP contribution in [-0.4, -0.2) is 0 Å². The maximum absolute atomic E-state index is 6.58. The second-order valence-corrected chi connectivity index (χ2v) is 12.2. The van der Waals surface area contributed by atoms with E-state index >= 15 is 0 Å². The highest BCUT2D eigenvalue weighted by atomic mass is 32.1. The number of thiophene rings is 1. The molecule has 0 saturated heterocycles. The summed E-state index contributed by atoms with van der Waals surface area (Å²) in [4.78, 5) is 0. The normalized spacial score (nSPS) is 11.5. The van der Waals surface area contributed by atoms with Crippen LogP contribution in [0.5, 0.6) is 11.6 Å². The van der Waals surface area contributed by atoms with Crippen LogP contribution in [0, 0.1) is 13.8 Å². The number of para-hydroxylation sites is 1. The van der Waals surface area contributed by atoms with Gasteiger partial charge in [-0.1, -0.05) is 66.7 Å². The van der Waals surface area contributed by atoms with Gasteiger partial charge in [-0.15, -0.1) is 11.3 Å². The molecule has 3 heterocycles. The molecule has 0 atom stereocenters. The molecule has 4 heteroatoms. The molecular weight excluding hydrogens is 532 g/mol. The predicted molar refractivity (Wildman–Crippen MR) is 174 cm³/mol. The highest BCUT2D eigenvalue weighted by Crippen LogP contribution is 2.40. The van der Waals surface area contributed by atoms with Crippen LogP contribution < -0.4 is 13.9 Å². The van der Waals surface area contributed by atoms with Gasteiger partial charge in [0, 0.05) is 51.2 Å². The van der Waals surface area contributed by atoms with Crippen LogP contribution in [0.1, 0.15) is 22.5 Å². The predicted octanol–water partition coefficient (Wildman–Crippen LogP) is 8.72. The van der Waals surface area contributed by atoms with Crippen LogP contribution in [0.25, 0.3) is 42.2 Å². The van der Waals surface area contributed by atoms with Gasteiger partial charge in [-0.3, -0.25) is 0 Å². The van der Waals surface area contributed by atoms with Crippen molar-refractivity contribution in [3.63, 3.8) is 0 Å². The summed E-state index contributed by atoms with van der Waals surface area (Å²) < 4.78 is 13.9. The zero-order valence-corrected chi connectivity index (χ0v) is 25.3. The van der Waals surface area contributed by atoms with Crippen LogP contribution in [0.3, 0.4) is 0 Å². The smallest absolute Gasteiger partial charge is 0.381 e. The average Bonchev–Trinajstić information content (AvgIpc) is 3.38. The van der Waals surface area contributed by atoms with Gasteiger partial charge in [-0.2, -0.15) is 9.13 Å². The molecule has 7 rings (SSSR count). The zero-order chi connectivity index (χ0) is 28.8. The standard InChI is InChI=1S/C38H34N2OS/c1-25-12-5-9-18-34(25)41-38-30-15-7-6-13-27(30)24-29(40(38)4)22-21-28-14-11-17-33(39(28)3)36-26(2)20-23-32-31-16-8-10-19-35(31)42-37(32)36/h5-20,23-24H,21-22H2,1-4H3/q+2. The van der Waals surface area contributed by atoms with E-state index in [4.69, 9.17) is 4.74 Å². The Kier molecular flexibility index (Phi) is 6.72. The first-order valence-electron chi connectivity index (χ1n) is 14.5. The Morgan fingerprint density at radius 1 is 0.619 bits per heavy atom. The van der Waals surface area contributed by atoms with E-state index in [1.807, 2.05) is 29.5 Å². The number of ether oxygens (including phenoxy) is 1. The summed E-state index contributed by atoms with van der Waals surface area (Å²) in [5.74, 6) is 1.77. The number of fused-ring (bicyclic) bond motifs is 4. The third kappa shape index (κ3) is 4.53. The van der Waals surface area contributed by atoms with Crippen molar-refractivity contribution in [2.45, 2.75) is 26.7 Å². The van der Waals surface area contributed by atoms with Crippen LogP contribution in [0.4, 0.5) is 0 Å². The van der Waals surface area contributed by atoms with Crippen LogP contribution in [-0.2, 0) is 26.9 Å². The molecule has 0 fully saturated rings. The SMILES string of the molecule is Cc1ccccc1Oc1c2ccccc2cc(CCc2cccc(-c3c(C)ccc4c3sc3ccccc34)[n+]2C)[n+]1C. The van der Waals surface area contributed by atoms with Crippen molar-refractivity contribution in [3.8, 4) is 22.9 Å². The number of nitrogens with zero attached hydrogens (tertiary/aromatic N) is 2. The molecule has 0 N–H and O–H groups in total. The Morgan fingerprint density at radius 2 is 1.36 bits per heavy atom. The molecule has 3 aromatic heterocycles. The van der Waals surface area contributed by atoms with E-state index in [9.17, 15) is 0 Å². The van der Waals surface area contributed by atoms with E-state index in [0.717, 1.165) is 35.4 Å². The van der Waals surface area contributed by atoms with Crippen molar-refractivity contribution in [1.82, 2.24) is 0 Å². The number of hydrogen-bond donors (Lipinski definition) is 0. The number of benzene rings is 4. The lowest BCUT2D eigenvalue weighted by Crippen LogP contribution is -2.39. The van der Waals surface area contributed by atoms with Gasteiger partial charge in [0.1, 0.15) is 19.8 Å². The van der Waals surface area contributed by atoms with Crippen molar-refractivity contribution in [2.75, 3.05) is 0 Å². The molecule has 4 aromatic carbocycles. The Labute approximate surface area is 250 Å². The maximum Gasteiger partial charge on any atom is 0.381 e. The minimum Gasteiger partial charge on any atom is -0.404 e. The monoisotopic (exact) mass is 566 g/mol. The van der Waals surface area contributed by atoms with E-state index in [-0.39, 0.29) is 0 Å². The minimum atomic E-state index is 0.877. The lowest BCUT2D eigenvalue weighted by Gasteiger charge is -2.12. The number of rotatable bonds is 6. The summed E-state index contributed by atoms with van der Waals surface area (Å²) in [5, 5.41) is 4.99. The van der Waals surface area contributed by atoms with Gasteiger partial charge in [0.15, 0.2) is 11.4 Å². The molecule has 0 bridgehead atoms. The third-order valence-corrected chi connectivity index (χ3v) is 9.74. The Hall–Kier alpha value is -4.54. The van der Waals surface area contributed by atoms with Gasteiger partial charge in [0.25, 0.3) is 0 Å². The summed E-state index contributed by atoms with van der Waals surface area (Å²) in [6, 6.07) is 39.1. The molecule has 0 amide bonds. The highest BCUT2D eigenvalue weighted by Gasteiger charge is 2.24. The topological polar surface area (TPSA) is 17.0 Å². The lowest BCUT2D eigenvalue weighted by molar-refractivity contribution is -0.683. The number of hydrogen-bond acceptors (Lipinski definition) is 2. The van der Waals surface area contributed by atoms with Gasteiger partial charge in [0.2, 0.25) is 5.69 Å². The molecule has 0 aliphatic rings. The third-order valence-electron chi connectivity index (χ3n) is 8.53. The van der Waals surface area contributed by atoms with E-state index in [1.54, 1.807) is 0 Å². The van der Waals surface area contributed by atoms with E-state index in [0.29, 0.717) is 0 Å². The number of pyridine rings is 2. The van der Waals surface area contributed by atoms with Crippen molar-refractivity contribution in [3.05, 3.63) is 132 Å². The molecule has 0 spiro atoms. The fraction of sp³-hybridized carbons (Fsp3) is 0.158. The van der Waals surface area contributed by atoms with Gasteiger partial charge in [-0.25, -0.2) is 0 Å². The first kappa shape index (κ1) is 26.4. The second-order valence-electron chi connectivity index (χ2n) is 11.1. The summed E-state index contributed by atoms with van der Waals surface area (Å²) in [5.41, 5.74) is 7.57. The molecule has 0 aliphatic carbocycles. The van der Waals surface area contributed by atoms with E-state index in [1.165, 1.54) is 53.8 Å². The number of aryl methyl sites for hydroxylation is 4. The molecule has 3 nitrogen and oxygen atoms in total. The van der Waals surface area contributed by atoms with Crippen molar-refractivity contribution in [2.24, 2.45) is 14.1 Å². The summed E-state index contributed by atoms with van der Waals surface area (Å²) in [7, 11) is 4.33. The average molecular weight is 567 g/mol. The van der Waals surface area contributed by atoms with Gasteiger partial charge < -0.3 is 4.74 Å². The zero-order valence-electron chi connectivity index (χ0n) is 24.5. The molecule has 206 valence electrons. The lowest BCUT2D eigenvalue weighted by atomic mass is 10.00. The largest absolute Gasteiger partial charge is 0.404 e. The molecule has 42 heavy (non-hydrogen) atoms. The first-order chi connectivity index (χ1) is 20.5.